The highest BCUT2D eigenvalue weighted by atomic mass is 16.5. The van der Waals surface area contributed by atoms with E-state index in [9.17, 15) is 9.59 Å². The van der Waals surface area contributed by atoms with Crippen molar-refractivity contribution < 1.29 is 14.3 Å². The van der Waals surface area contributed by atoms with Gasteiger partial charge >= 0.3 is 0 Å². The van der Waals surface area contributed by atoms with Gasteiger partial charge in [-0.1, -0.05) is 6.92 Å². The summed E-state index contributed by atoms with van der Waals surface area (Å²) in [6, 6.07) is 9.08. The number of hydrogen-bond donors (Lipinski definition) is 1. The lowest BCUT2D eigenvalue weighted by molar-refractivity contribution is -0.116. The number of carbonyl (C=O) groups excluding carboxylic acids is 2. The van der Waals surface area contributed by atoms with E-state index >= 15 is 0 Å². The molecule has 0 unspecified atom stereocenters. The topological polar surface area (TPSA) is 63.6 Å². The largest absolute Gasteiger partial charge is 0.497 e. The number of likely N-dealkylation sites (N-methyl/N-ethyl adjacent to an activating group) is 1. The molecular weight excluding hydrogens is 342 g/mol. The third-order valence-corrected chi connectivity index (χ3v) is 4.52. The molecule has 27 heavy (non-hydrogen) atoms. The zero-order valence-electron chi connectivity index (χ0n) is 16.8. The smallest absolute Gasteiger partial charge is 0.238 e. The van der Waals surface area contributed by atoms with Gasteiger partial charge in [0, 0.05) is 29.2 Å². The first-order chi connectivity index (χ1) is 12.8. The molecule has 1 heterocycles. The molecule has 0 fully saturated rings. The van der Waals surface area contributed by atoms with Crippen LogP contribution >= 0.6 is 0 Å². The van der Waals surface area contributed by atoms with Gasteiger partial charge in [-0.25, -0.2) is 0 Å². The highest BCUT2D eigenvalue weighted by Crippen LogP contribution is 2.17. The first-order valence-corrected chi connectivity index (χ1v) is 9.18. The number of benzene rings is 1. The number of amides is 1. The Bertz CT molecular complexity index is 794. The Morgan fingerprint density at radius 1 is 1.15 bits per heavy atom. The normalized spacial score (nSPS) is 10.9. The minimum Gasteiger partial charge on any atom is -0.497 e. The Morgan fingerprint density at radius 2 is 1.81 bits per heavy atom. The molecule has 0 aliphatic heterocycles. The number of ketones is 1. The Labute approximate surface area is 161 Å². The van der Waals surface area contributed by atoms with Gasteiger partial charge in [-0.2, -0.15) is 0 Å². The maximum absolute atomic E-state index is 12.7. The number of carbonyl (C=O) groups is 2. The van der Waals surface area contributed by atoms with E-state index in [1.165, 1.54) is 0 Å². The van der Waals surface area contributed by atoms with E-state index in [2.05, 4.69) is 16.8 Å². The Morgan fingerprint density at radius 3 is 2.41 bits per heavy atom. The molecule has 0 saturated heterocycles. The summed E-state index contributed by atoms with van der Waals surface area (Å²) in [5.41, 5.74) is 3.53. The van der Waals surface area contributed by atoms with Crippen molar-refractivity contribution >= 4 is 17.4 Å². The van der Waals surface area contributed by atoms with Crippen molar-refractivity contribution in [3.8, 4) is 5.75 Å². The minimum absolute atomic E-state index is 0.0326. The van der Waals surface area contributed by atoms with Crippen molar-refractivity contribution in [2.24, 2.45) is 0 Å². The summed E-state index contributed by atoms with van der Waals surface area (Å²) < 4.78 is 7.27. The van der Waals surface area contributed by atoms with Gasteiger partial charge < -0.3 is 14.6 Å². The highest BCUT2D eigenvalue weighted by Gasteiger charge is 2.18. The average molecular weight is 371 g/mol. The second-order valence-electron chi connectivity index (χ2n) is 6.81. The lowest BCUT2D eigenvalue weighted by Gasteiger charge is -2.16. The average Bonchev–Trinajstić information content (AvgIpc) is 2.90. The molecule has 0 spiro atoms. The molecule has 146 valence electrons. The number of anilines is 1. The molecule has 0 aliphatic carbocycles. The molecule has 1 aromatic heterocycles. The molecule has 1 aromatic carbocycles. The second-order valence-corrected chi connectivity index (χ2v) is 6.81. The predicted molar refractivity (Wildman–Crippen MR) is 108 cm³/mol. The van der Waals surface area contributed by atoms with Crippen LogP contribution in [0, 0.1) is 13.8 Å². The van der Waals surface area contributed by atoms with Gasteiger partial charge in [0.2, 0.25) is 5.91 Å². The molecule has 0 atom stereocenters. The number of nitrogens with one attached hydrogen (secondary N) is 1. The fourth-order valence-corrected chi connectivity index (χ4v) is 3.16. The van der Waals surface area contributed by atoms with Gasteiger partial charge in [0.25, 0.3) is 0 Å². The van der Waals surface area contributed by atoms with E-state index in [4.69, 9.17) is 4.74 Å². The number of aromatic nitrogens is 1. The number of Topliss-reactive ketones (excluding diaryl/α,β-unsaturated/α-hetero) is 1. The van der Waals surface area contributed by atoms with Crippen LogP contribution in [0.15, 0.2) is 30.3 Å². The van der Waals surface area contributed by atoms with E-state index in [0.29, 0.717) is 5.69 Å². The van der Waals surface area contributed by atoms with Crippen LogP contribution in [0.3, 0.4) is 0 Å². The third-order valence-electron chi connectivity index (χ3n) is 4.52. The molecule has 2 aromatic rings. The zero-order chi connectivity index (χ0) is 20.0. The summed E-state index contributed by atoms with van der Waals surface area (Å²) in [6.45, 7) is 7.37. The Kier molecular flexibility index (Phi) is 7.19. The van der Waals surface area contributed by atoms with Gasteiger partial charge in [0.1, 0.15) is 5.75 Å². The fraction of sp³-hybridized carbons (Fsp3) is 0.429. The number of methoxy groups -OCH3 is 1. The van der Waals surface area contributed by atoms with E-state index in [-0.39, 0.29) is 24.8 Å². The number of hydrogen-bond acceptors (Lipinski definition) is 4. The molecular formula is C21H29N3O3. The lowest BCUT2D eigenvalue weighted by Crippen LogP contribution is -2.34. The molecule has 1 amide bonds. The van der Waals surface area contributed by atoms with Crippen LogP contribution in [0.4, 0.5) is 5.69 Å². The van der Waals surface area contributed by atoms with E-state index in [1.807, 2.05) is 19.9 Å². The summed E-state index contributed by atoms with van der Waals surface area (Å²) in [5.74, 6) is 0.605. The van der Waals surface area contributed by atoms with Crippen molar-refractivity contribution in [2.45, 2.75) is 33.7 Å². The van der Waals surface area contributed by atoms with Crippen molar-refractivity contribution in [1.29, 1.82) is 0 Å². The van der Waals surface area contributed by atoms with E-state index in [1.54, 1.807) is 43.3 Å². The first kappa shape index (κ1) is 20.7. The summed E-state index contributed by atoms with van der Waals surface area (Å²) in [6.07, 6.45) is 1.02. The van der Waals surface area contributed by atoms with Crippen LogP contribution in [0.5, 0.6) is 5.75 Å². The molecule has 6 heteroatoms. The van der Waals surface area contributed by atoms with Gasteiger partial charge in [-0.15, -0.1) is 0 Å². The monoisotopic (exact) mass is 371 g/mol. The second kappa shape index (κ2) is 9.37. The quantitative estimate of drug-likeness (QED) is 0.687. The molecule has 0 saturated carbocycles. The Balaban J connectivity index is 1.92. The van der Waals surface area contributed by atoms with E-state index < -0.39 is 0 Å². The number of nitrogens with zero attached hydrogens (tertiary/aromatic N) is 2. The van der Waals surface area contributed by atoms with Crippen LogP contribution in [0.25, 0.3) is 0 Å². The minimum atomic E-state index is -0.160. The van der Waals surface area contributed by atoms with Crippen LogP contribution < -0.4 is 10.1 Å². The fourth-order valence-electron chi connectivity index (χ4n) is 3.16. The van der Waals surface area contributed by atoms with Crippen molar-refractivity contribution in [3.05, 3.63) is 47.3 Å². The third kappa shape index (κ3) is 5.44. The maximum Gasteiger partial charge on any atom is 0.238 e. The molecule has 2 rings (SSSR count). The highest BCUT2D eigenvalue weighted by molar-refractivity contribution is 5.99. The van der Waals surface area contributed by atoms with Gasteiger partial charge in [-0.05, 0) is 57.6 Å². The van der Waals surface area contributed by atoms with Gasteiger partial charge in [-0.3, -0.25) is 14.5 Å². The molecule has 0 aliphatic rings. The number of aryl methyl sites for hydroxylation is 1. The van der Waals surface area contributed by atoms with Crippen molar-refractivity contribution in [1.82, 2.24) is 9.47 Å². The summed E-state index contributed by atoms with van der Waals surface area (Å²) in [4.78, 5) is 26.6. The summed E-state index contributed by atoms with van der Waals surface area (Å²) in [5, 5.41) is 2.83. The zero-order valence-corrected chi connectivity index (χ0v) is 16.8. The molecule has 0 bridgehead atoms. The molecule has 6 nitrogen and oxygen atoms in total. The summed E-state index contributed by atoms with van der Waals surface area (Å²) >= 11 is 0. The van der Waals surface area contributed by atoms with Gasteiger partial charge in [0.15, 0.2) is 5.78 Å². The molecule has 1 N–H and O–H groups in total. The number of ether oxygens (including phenoxy) is 1. The van der Waals surface area contributed by atoms with Crippen LogP contribution in [-0.4, -0.2) is 48.4 Å². The Hall–Kier alpha value is -2.60. The SMILES string of the molecule is CCCn1c(C)cc(C(=O)CN(C)CC(=O)Nc2ccc(OC)cc2)c1C. The lowest BCUT2D eigenvalue weighted by atomic mass is 10.1. The van der Waals surface area contributed by atoms with Crippen LogP contribution in [0.2, 0.25) is 0 Å². The van der Waals surface area contributed by atoms with Crippen molar-refractivity contribution in [3.63, 3.8) is 0 Å². The predicted octanol–water partition coefficient (Wildman–Crippen LogP) is 3.28. The van der Waals surface area contributed by atoms with E-state index in [0.717, 1.165) is 35.7 Å². The first-order valence-electron chi connectivity index (χ1n) is 9.18. The van der Waals surface area contributed by atoms with Crippen LogP contribution in [0.1, 0.15) is 35.1 Å². The standard InChI is InChI=1S/C21H29N3O3/c1-6-11-24-15(2)12-19(16(24)3)20(25)13-23(4)14-21(26)22-17-7-9-18(27-5)10-8-17/h7-10,12H,6,11,13-14H2,1-5H3,(H,22,26). The van der Waals surface area contributed by atoms with Crippen molar-refractivity contribution in [2.75, 3.05) is 32.6 Å². The molecule has 0 radical (unpaired) electrons. The van der Waals surface area contributed by atoms with Crippen LogP contribution in [-0.2, 0) is 11.3 Å². The maximum atomic E-state index is 12.7. The number of rotatable bonds is 9. The van der Waals surface area contributed by atoms with Gasteiger partial charge in [0.05, 0.1) is 20.2 Å². The summed E-state index contributed by atoms with van der Waals surface area (Å²) in [7, 11) is 3.37.